The standard InChI is InChI=1S/C9H18O5S2/c1-2-3-4-6-14-16(12,13)9-5-7-15(10,11)8-9/h9H,2-8H2,1H3. The van der Waals surface area contributed by atoms with Gasteiger partial charge in [0.2, 0.25) is 0 Å². The molecule has 0 aliphatic carbocycles. The Hall–Kier alpha value is -0.140. The van der Waals surface area contributed by atoms with Crippen LogP contribution in [-0.4, -0.2) is 40.2 Å². The number of hydrogen-bond acceptors (Lipinski definition) is 5. The molecule has 0 amide bonds. The number of unbranched alkanes of at least 4 members (excludes halogenated alkanes) is 2. The van der Waals surface area contributed by atoms with Crippen molar-refractivity contribution in [3.63, 3.8) is 0 Å². The molecule has 1 saturated heterocycles. The van der Waals surface area contributed by atoms with Crippen molar-refractivity contribution < 1.29 is 21.0 Å². The van der Waals surface area contributed by atoms with Crippen LogP contribution in [-0.2, 0) is 24.1 Å². The highest BCUT2D eigenvalue weighted by Gasteiger charge is 2.37. The fraction of sp³-hybridized carbons (Fsp3) is 1.00. The molecular formula is C9H18O5S2. The van der Waals surface area contributed by atoms with E-state index in [1.165, 1.54) is 0 Å². The van der Waals surface area contributed by atoms with E-state index in [1.807, 2.05) is 6.92 Å². The van der Waals surface area contributed by atoms with Gasteiger partial charge in [-0.1, -0.05) is 19.8 Å². The van der Waals surface area contributed by atoms with E-state index in [1.54, 1.807) is 0 Å². The lowest BCUT2D eigenvalue weighted by Gasteiger charge is -2.09. The van der Waals surface area contributed by atoms with Crippen LogP contribution < -0.4 is 0 Å². The molecule has 5 nitrogen and oxygen atoms in total. The lowest BCUT2D eigenvalue weighted by atomic mass is 10.3. The Labute approximate surface area is 97.2 Å². The highest BCUT2D eigenvalue weighted by atomic mass is 32.2. The summed E-state index contributed by atoms with van der Waals surface area (Å²) in [5.41, 5.74) is 0. The molecule has 0 saturated carbocycles. The van der Waals surface area contributed by atoms with Crippen LogP contribution in [0.1, 0.15) is 32.6 Å². The summed E-state index contributed by atoms with van der Waals surface area (Å²) < 4.78 is 50.3. The first-order chi connectivity index (χ1) is 7.37. The molecule has 0 aromatic rings. The molecular weight excluding hydrogens is 252 g/mol. The molecule has 1 rings (SSSR count). The molecule has 0 aromatic carbocycles. The van der Waals surface area contributed by atoms with Crippen LogP contribution in [0.3, 0.4) is 0 Å². The number of rotatable bonds is 6. The Morgan fingerprint density at radius 1 is 1.31 bits per heavy atom. The van der Waals surface area contributed by atoms with Crippen molar-refractivity contribution in [3.05, 3.63) is 0 Å². The van der Waals surface area contributed by atoms with E-state index in [9.17, 15) is 16.8 Å². The zero-order valence-electron chi connectivity index (χ0n) is 9.38. The monoisotopic (exact) mass is 270 g/mol. The molecule has 7 heteroatoms. The predicted octanol–water partition coefficient (Wildman–Crippen LogP) is 0.710. The fourth-order valence-corrected chi connectivity index (χ4v) is 5.54. The molecule has 1 unspecified atom stereocenters. The minimum Gasteiger partial charge on any atom is -0.270 e. The van der Waals surface area contributed by atoms with Crippen LogP contribution in [0.5, 0.6) is 0 Å². The fourth-order valence-electron chi connectivity index (χ4n) is 1.61. The van der Waals surface area contributed by atoms with Gasteiger partial charge in [-0.05, 0) is 12.8 Å². The summed E-state index contributed by atoms with van der Waals surface area (Å²) in [5, 5.41) is -0.862. The zero-order valence-corrected chi connectivity index (χ0v) is 11.0. The van der Waals surface area contributed by atoms with Gasteiger partial charge in [-0.25, -0.2) is 8.42 Å². The van der Waals surface area contributed by atoms with Crippen molar-refractivity contribution in [2.75, 3.05) is 18.1 Å². The van der Waals surface area contributed by atoms with E-state index >= 15 is 0 Å². The normalized spacial score (nSPS) is 24.7. The summed E-state index contributed by atoms with van der Waals surface area (Å²) in [6, 6.07) is 0. The molecule has 1 atom stereocenters. The number of hydrogen-bond donors (Lipinski definition) is 0. The van der Waals surface area contributed by atoms with Gasteiger partial charge < -0.3 is 0 Å². The van der Waals surface area contributed by atoms with Gasteiger partial charge in [-0.2, -0.15) is 8.42 Å². The van der Waals surface area contributed by atoms with Gasteiger partial charge in [0.1, 0.15) is 5.25 Å². The first-order valence-electron chi connectivity index (χ1n) is 5.46. The maximum atomic E-state index is 11.6. The Morgan fingerprint density at radius 3 is 2.50 bits per heavy atom. The summed E-state index contributed by atoms with van der Waals surface area (Å²) >= 11 is 0. The molecule has 0 N–H and O–H groups in total. The third-order valence-electron chi connectivity index (χ3n) is 2.59. The molecule has 96 valence electrons. The Balaban J connectivity index is 2.46. The van der Waals surface area contributed by atoms with Crippen molar-refractivity contribution in [1.82, 2.24) is 0 Å². The molecule has 1 fully saturated rings. The molecule has 0 radical (unpaired) electrons. The van der Waals surface area contributed by atoms with Crippen LogP contribution in [0.2, 0.25) is 0 Å². The lowest BCUT2D eigenvalue weighted by molar-refractivity contribution is 0.303. The topological polar surface area (TPSA) is 77.5 Å². The predicted molar refractivity (Wildman–Crippen MR) is 61.5 cm³/mol. The maximum Gasteiger partial charge on any atom is 0.271 e. The second-order valence-corrected chi connectivity index (χ2v) is 8.16. The van der Waals surface area contributed by atoms with Crippen LogP contribution in [0, 0.1) is 0 Å². The van der Waals surface area contributed by atoms with Crippen LogP contribution >= 0.6 is 0 Å². The summed E-state index contributed by atoms with van der Waals surface area (Å²) in [4.78, 5) is 0. The van der Waals surface area contributed by atoms with Gasteiger partial charge in [0.15, 0.2) is 9.84 Å². The van der Waals surface area contributed by atoms with Gasteiger partial charge in [0.25, 0.3) is 10.1 Å². The first-order valence-corrected chi connectivity index (χ1v) is 8.75. The van der Waals surface area contributed by atoms with Gasteiger partial charge in [-0.15, -0.1) is 0 Å². The van der Waals surface area contributed by atoms with Crippen molar-refractivity contribution in [2.24, 2.45) is 0 Å². The smallest absolute Gasteiger partial charge is 0.270 e. The Bertz CT molecular complexity index is 409. The molecule has 1 aliphatic rings. The molecule has 1 heterocycles. The minimum absolute atomic E-state index is 0.0464. The van der Waals surface area contributed by atoms with Crippen molar-refractivity contribution >= 4 is 20.0 Å². The van der Waals surface area contributed by atoms with Gasteiger partial charge in [0.05, 0.1) is 18.1 Å². The van der Waals surface area contributed by atoms with Gasteiger partial charge >= 0.3 is 0 Å². The average Bonchev–Trinajstić information content (AvgIpc) is 2.54. The lowest BCUT2D eigenvalue weighted by Crippen LogP contribution is -2.25. The molecule has 1 aliphatic heterocycles. The quantitative estimate of drug-likeness (QED) is 0.525. The molecule has 16 heavy (non-hydrogen) atoms. The van der Waals surface area contributed by atoms with Crippen LogP contribution in [0.25, 0.3) is 0 Å². The van der Waals surface area contributed by atoms with E-state index in [2.05, 4.69) is 0 Å². The third-order valence-corrected chi connectivity index (χ3v) is 6.29. The largest absolute Gasteiger partial charge is 0.271 e. The average molecular weight is 270 g/mol. The van der Waals surface area contributed by atoms with E-state index in [0.29, 0.717) is 6.42 Å². The highest BCUT2D eigenvalue weighted by molar-refractivity contribution is 7.94. The maximum absolute atomic E-state index is 11.6. The summed E-state index contributed by atoms with van der Waals surface area (Å²) in [6.07, 6.45) is 2.76. The second-order valence-electron chi connectivity index (χ2n) is 4.05. The Morgan fingerprint density at radius 2 is 2.00 bits per heavy atom. The van der Waals surface area contributed by atoms with E-state index in [0.717, 1.165) is 12.8 Å². The summed E-state index contributed by atoms with van der Waals surface area (Å²) in [6.45, 7) is 2.17. The van der Waals surface area contributed by atoms with Crippen molar-refractivity contribution in [2.45, 2.75) is 37.9 Å². The molecule has 0 spiro atoms. The van der Waals surface area contributed by atoms with Crippen LogP contribution in [0.4, 0.5) is 0 Å². The van der Waals surface area contributed by atoms with E-state index < -0.39 is 25.2 Å². The van der Waals surface area contributed by atoms with Crippen LogP contribution in [0.15, 0.2) is 0 Å². The minimum atomic E-state index is -3.69. The number of sulfone groups is 1. The second kappa shape index (κ2) is 5.46. The molecule has 0 bridgehead atoms. The van der Waals surface area contributed by atoms with Gasteiger partial charge in [-0.3, -0.25) is 4.18 Å². The molecule has 0 aromatic heterocycles. The van der Waals surface area contributed by atoms with E-state index in [-0.39, 0.29) is 24.5 Å². The SMILES string of the molecule is CCCCCOS(=O)(=O)C1CCS(=O)(=O)C1. The Kier molecular flexibility index (Phi) is 4.75. The third kappa shape index (κ3) is 4.03. The van der Waals surface area contributed by atoms with Crippen molar-refractivity contribution in [1.29, 1.82) is 0 Å². The highest BCUT2D eigenvalue weighted by Crippen LogP contribution is 2.20. The van der Waals surface area contributed by atoms with E-state index in [4.69, 9.17) is 4.18 Å². The zero-order chi connectivity index (χ0) is 12.2. The summed E-state index contributed by atoms with van der Waals surface area (Å²) in [7, 11) is -6.86. The van der Waals surface area contributed by atoms with Crippen molar-refractivity contribution in [3.8, 4) is 0 Å². The van der Waals surface area contributed by atoms with Gasteiger partial charge in [0, 0.05) is 0 Å². The summed E-state index contributed by atoms with van der Waals surface area (Å²) in [5.74, 6) is -0.335. The first kappa shape index (κ1) is 13.9.